The van der Waals surface area contributed by atoms with Crippen LogP contribution in [0.3, 0.4) is 0 Å². The summed E-state index contributed by atoms with van der Waals surface area (Å²) >= 11 is 0. The van der Waals surface area contributed by atoms with E-state index in [0.29, 0.717) is 12.8 Å². The Bertz CT molecular complexity index is 981. The molecule has 1 unspecified atom stereocenters. The topological polar surface area (TPSA) is 134 Å². The van der Waals surface area contributed by atoms with Gasteiger partial charge in [0, 0.05) is 19.4 Å². The zero-order chi connectivity index (χ0) is 37.5. The number of carbonyl (C=O) groups excluding carboxylic acids is 2. The normalized spacial score (nSPS) is 13.9. The maximum absolute atomic E-state index is 12.5. The van der Waals surface area contributed by atoms with Crippen LogP contribution in [0.25, 0.3) is 0 Å². The monoisotopic (exact) mass is 740 g/mol. The van der Waals surface area contributed by atoms with Crippen LogP contribution >= 0.6 is 7.82 Å². The van der Waals surface area contributed by atoms with Gasteiger partial charge in [-0.05, 0) is 77.0 Å². The van der Waals surface area contributed by atoms with Gasteiger partial charge in [-0.3, -0.25) is 18.6 Å². The van der Waals surface area contributed by atoms with Gasteiger partial charge in [0.05, 0.1) is 13.2 Å². The predicted molar refractivity (Wildman–Crippen MR) is 210 cm³/mol. The van der Waals surface area contributed by atoms with Gasteiger partial charge in [-0.25, -0.2) is 4.57 Å². The Hall–Kier alpha value is -2.03. The van der Waals surface area contributed by atoms with Crippen LogP contribution in [0.1, 0.15) is 168 Å². The van der Waals surface area contributed by atoms with Gasteiger partial charge in [0.15, 0.2) is 6.10 Å². The van der Waals surface area contributed by atoms with Crippen molar-refractivity contribution in [2.45, 2.75) is 174 Å². The molecule has 0 radical (unpaired) electrons. The molecule has 0 aromatic carbocycles. The second kappa shape index (κ2) is 37.7. The first-order valence-corrected chi connectivity index (χ1v) is 21.6. The zero-order valence-electron chi connectivity index (χ0n) is 32.3. The SMILES string of the molecule is CCCCC/C=C/C/C=C/C/C=C/CCCCCCC(=O)OC[C@H](COP(=O)(O)OCCN)OC(=O)CCCCCCC/C=C/CCCCCC. The number of carbonyl (C=O) groups is 2. The number of phosphoric ester groups is 1. The van der Waals surface area contributed by atoms with E-state index < -0.39 is 32.5 Å². The summed E-state index contributed by atoms with van der Waals surface area (Å²) < 4.78 is 32.7. The highest BCUT2D eigenvalue weighted by Gasteiger charge is 2.25. The van der Waals surface area contributed by atoms with Crippen LogP contribution in [0.15, 0.2) is 48.6 Å². The molecule has 2 atom stereocenters. The van der Waals surface area contributed by atoms with Crippen molar-refractivity contribution in [3.8, 4) is 0 Å². The van der Waals surface area contributed by atoms with Crippen LogP contribution in [-0.2, 0) is 32.7 Å². The Balaban J connectivity index is 4.25. The van der Waals surface area contributed by atoms with E-state index in [9.17, 15) is 19.0 Å². The first-order valence-electron chi connectivity index (χ1n) is 20.1. The summed E-state index contributed by atoms with van der Waals surface area (Å²) in [5, 5.41) is 0. The average Bonchev–Trinajstić information content (AvgIpc) is 3.11. The molecule has 0 amide bonds. The summed E-state index contributed by atoms with van der Waals surface area (Å²) in [6.07, 6.45) is 41.3. The number of rotatable bonds is 37. The van der Waals surface area contributed by atoms with Gasteiger partial charge in [0.1, 0.15) is 6.61 Å². The van der Waals surface area contributed by atoms with Crippen molar-refractivity contribution >= 4 is 19.8 Å². The summed E-state index contributed by atoms with van der Waals surface area (Å²) in [7, 11) is -4.38. The fraction of sp³-hybridized carbons (Fsp3) is 0.756. The van der Waals surface area contributed by atoms with Crippen molar-refractivity contribution in [1.29, 1.82) is 0 Å². The fourth-order valence-electron chi connectivity index (χ4n) is 5.16. The van der Waals surface area contributed by atoms with Gasteiger partial charge in [-0.15, -0.1) is 0 Å². The smallest absolute Gasteiger partial charge is 0.462 e. The summed E-state index contributed by atoms with van der Waals surface area (Å²) in [6, 6.07) is 0. The summed E-state index contributed by atoms with van der Waals surface area (Å²) in [6.45, 7) is 3.64. The van der Waals surface area contributed by atoms with E-state index in [1.807, 2.05) is 0 Å². The first-order chi connectivity index (χ1) is 24.8. The van der Waals surface area contributed by atoms with Crippen molar-refractivity contribution in [3.63, 3.8) is 0 Å². The molecule has 3 N–H and O–H groups in total. The second-order valence-corrected chi connectivity index (χ2v) is 14.6. The van der Waals surface area contributed by atoms with Gasteiger partial charge < -0.3 is 20.1 Å². The third kappa shape index (κ3) is 37.5. The van der Waals surface area contributed by atoms with Crippen molar-refractivity contribution in [1.82, 2.24) is 0 Å². The van der Waals surface area contributed by atoms with Crippen molar-refractivity contribution in [2.24, 2.45) is 5.73 Å². The van der Waals surface area contributed by atoms with E-state index in [0.717, 1.165) is 70.6 Å². The van der Waals surface area contributed by atoms with Crippen LogP contribution in [0.2, 0.25) is 0 Å². The standard InChI is InChI=1S/C41H74NO8P/c1-3-5-7-9-11-13-15-17-18-19-20-22-23-25-27-29-31-33-40(43)47-37-39(38-49-51(45,46)48-36-35-42)50-41(44)34-32-30-28-26-24-21-16-14-12-10-8-6-4-2/h11,13-14,16-18,20,22,39H,3-10,12,15,19,21,23-38,42H2,1-2H3,(H,45,46)/b13-11+,16-14+,18-17+,22-20+/t39-/m1/s1. The van der Waals surface area contributed by atoms with Gasteiger partial charge >= 0.3 is 19.8 Å². The molecule has 9 nitrogen and oxygen atoms in total. The minimum atomic E-state index is -4.38. The number of phosphoric acid groups is 1. The molecule has 0 aliphatic heterocycles. The Morgan fingerprint density at radius 2 is 1.02 bits per heavy atom. The third-order valence-electron chi connectivity index (χ3n) is 8.19. The van der Waals surface area contributed by atoms with E-state index in [1.165, 1.54) is 57.8 Å². The van der Waals surface area contributed by atoms with E-state index >= 15 is 0 Å². The molecule has 51 heavy (non-hydrogen) atoms. The molecule has 0 heterocycles. The highest BCUT2D eigenvalue weighted by Crippen LogP contribution is 2.43. The van der Waals surface area contributed by atoms with E-state index in [4.69, 9.17) is 24.3 Å². The maximum atomic E-state index is 12.5. The van der Waals surface area contributed by atoms with E-state index in [-0.39, 0.29) is 32.6 Å². The van der Waals surface area contributed by atoms with E-state index in [1.54, 1.807) is 0 Å². The number of allylic oxidation sites excluding steroid dienone is 8. The van der Waals surface area contributed by atoms with Crippen LogP contribution in [0.5, 0.6) is 0 Å². The lowest BCUT2D eigenvalue weighted by Gasteiger charge is -2.19. The largest absolute Gasteiger partial charge is 0.472 e. The lowest BCUT2D eigenvalue weighted by atomic mass is 10.1. The number of esters is 2. The van der Waals surface area contributed by atoms with Crippen molar-refractivity contribution in [3.05, 3.63) is 48.6 Å². The highest BCUT2D eigenvalue weighted by atomic mass is 31.2. The van der Waals surface area contributed by atoms with Gasteiger partial charge in [-0.1, -0.05) is 127 Å². The van der Waals surface area contributed by atoms with Crippen LogP contribution in [-0.4, -0.2) is 49.3 Å². The number of hydrogen-bond donors (Lipinski definition) is 2. The Labute approximate surface area is 311 Å². The fourth-order valence-corrected chi connectivity index (χ4v) is 5.93. The molecule has 0 aromatic heterocycles. The summed E-state index contributed by atoms with van der Waals surface area (Å²) in [5.41, 5.74) is 5.33. The molecule has 0 aliphatic carbocycles. The number of nitrogens with two attached hydrogens (primary N) is 1. The minimum Gasteiger partial charge on any atom is -0.462 e. The summed E-state index contributed by atoms with van der Waals surface area (Å²) in [5.74, 6) is -0.867. The molecular weight excluding hydrogens is 665 g/mol. The van der Waals surface area contributed by atoms with Gasteiger partial charge in [0.25, 0.3) is 0 Å². The Morgan fingerprint density at radius 1 is 0.588 bits per heavy atom. The minimum absolute atomic E-state index is 0.0473. The van der Waals surface area contributed by atoms with Crippen molar-refractivity contribution < 1.29 is 37.6 Å². The Morgan fingerprint density at radius 3 is 1.57 bits per heavy atom. The lowest BCUT2D eigenvalue weighted by molar-refractivity contribution is -0.161. The van der Waals surface area contributed by atoms with Gasteiger partial charge in [0.2, 0.25) is 0 Å². The summed E-state index contributed by atoms with van der Waals surface area (Å²) in [4.78, 5) is 34.7. The van der Waals surface area contributed by atoms with Crippen molar-refractivity contribution in [2.75, 3.05) is 26.4 Å². The average molecular weight is 740 g/mol. The van der Waals surface area contributed by atoms with Crippen LogP contribution in [0, 0.1) is 0 Å². The van der Waals surface area contributed by atoms with E-state index in [2.05, 4.69) is 62.5 Å². The molecule has 0 spiro atoms. The first kappa shape index (κ1) is 49.0. The zero-order valence-corrected chi connectivity index (χ0v) is 33.2. The maximum Gasteiger partial charge on any atom is 0.472 e. The number of unbranched alkanes of at least 4 members (excludes halogenated alkanes) is 16. The van der Waals surface area contributed by atoms with Gasteiger partial charge in [-0.2, -0.15) is 0 Å². The highest BCUT2D eigenvalue weighted by molar-refractivity contribution is 7.47. The predicted octanol–water partition coefficient (Wildman–Crippen LogP) is 11.2. The molecule has 0 saturated heterocycles. The lowest BCUT2D eigenvalue weighted by Crippen LogP contribution is -2.29. The molecule has 296 valence electrons. The molecule has 0 aromatic rings. The second-order valence-electron chi connectivity index (χ2n) is 13.1. The molecule has 0 bridgehead atoms. The molecule has 0 aliphatic rings. The molecule has 10 heteroatoms. The Kier molecular flexibility index (Phi) is 36.2. The number of hydrogen-bond acceptors (Lipinski definition) is 8. The third-order valence-corrected chi connectivity index (χ3v) is 9.17. The molecule has 0 rings (SSSR count). The quantitative estimate of drug-likeness (QED) is 0.0276. The molecule has 0 fully saturated rings. The van der Waals surface area contributed by atoms with Crippen LogP contribution < -0.4 is 5.73 Å². The molecule has 0 saturated carbocycles. The molecular formula is C41H74NO8P. The van der Waals surface area contributed by atoms with Crippen LogP contribution in [0.4, 0.5) is 0 Å². The number of ether oxygens (including phenoxy) is 2.